The first-order valence-corrected chi connectivity index (χ1v) is 9.59. The third-order valence-electron chi connectivity index (χ3n) is 2.91. The minimum absolute atomic E-state index is 0.134. The minimum Gasteiger partial charge on any atom is -0.414 e. The number of ether oxygens (including phenoxy) is 1. The Morgan fingerprint density at radius 3 is 2.38 bits per heavy atom. The van der Waals surface area contributed by atoms with Crippen LogP contribution in [0.2, 0.25) is 19.6 Å². The lowest BCUT2D eigenvalue weighted by Crippen LogP contribution is -2.25. The van der Waals surface area contributed by atoms with Crippen molar-refractivity contribution < 1.29 is 9.16 Å². The zero-order chi connectivity index (χ0) is 12.4. The van der Waals surface area contributed by atoms with Crippen LogP contribution in [-0.2, 0) is 9.16 Å². The molecule has 0 aliphatic carbocycles. The standard InChI is InChI=1S/C13H26O2Si/c1-11(9-10-14-16(4,5)6)7-8-12-13(2,3)15-12/h9,12H,7-8,10H2,1-6H3/b11-9+/t12-/m1/s1. The molecule has 94 valence electrons. The van der Waals surface area contributed by atoms with Crippen LogP contribution in [0.15, 0.2) is 11.6 Å². The molecule has 0 spiro atoms. The molecule has 0 bridgehead atoms. The van der Waals surface area contributed by atoms with Gasteiger partial charge in [0.2, 0.25) is 0 Å². The summed E-state index contributed by atoms with van der Waals surface area (Å²) in [4.78, 5) is 0. The van der Waals surface area contributed by atoms with E-state index in [9.17, 15) is 0 Å². The Bertz CT molecular complexity index is 264. The van der Waals surface area contributed by atoms with Crippen molar-refractivity contribution in [3.8, 4) is 0 Å². The van der Waals surface area contributed by atoms with Gasteiger partial charge in [-0.3, -0.25) is 0 Å². The van der Waals surface area contributed by atoms with Crippen molar-refractivity contribution in [2.24, 2.45) is 0 Å². The quantitative estimate of drug-likeness (QED) is 0.402. The van der Waals surface area contributed by atoms with Gasteiger partial charge in [-0.15, -0.1) is 0 Å². The van der Waals surface area contributed by atoms with Crippen LogP contribution in [0.1, 0.15) is 33.6 Å². The van der Waals surface area contributed by atoms with E-state index in [-0.39, 0.29) is 5.60 Å². The highest BCUT2D eigenvalue weighted by Crippen LogP contribution is 2.38. The second-order valence-electron chi connectivity index (χ2n) is 6.22. The summed E-state index contributed by atoms with van der Waals surface area (Å²) in [7, 11) is -1.35. The van der Waals surface area contributed by atoms with Crippen LogP contribution in [0.5, 0.6) is 0 Å². The lowest BCUT2D eigenvalue weighted by atomic mass is 10.0. The molecule has 1 saturated heterocycles. The van der Waals surface area contributed by atoms with Crippen LogP contribution < -0.4 is 0 Å². The van der Waals surface area contributed by atoms with Gasteiger partial charge in [0, 0.05) is 0 Å². The van der Waals surface area contributed by atoms with Crippen LogP contribution in [0.4, 0.5) is 0 Å². The molecule has 2 nitrogen and oxygen atoms in total. The van der Waals surface area contributed by atoms with Crippen molar-refractivity contribution in [3.05, 3.63) is 11.6 Å². The van der Waals surface area contributed by atoms with Crippen LogP contribution in [0.3, 0.4) is 0 Å². The van der Waals surface area contributed by atoms with Crippen molar-refractivity contribution >= 4 is 8.32 Å². The second-order valence-corrected chi connectivity index (χ2v) is 10.7. The summed E-state index contributed by atoms with van der Waals surface area (Å²) in [5, 5.41) is 0. The van der Waals surface area contributed by atoms with Gasteiger partial charge in [0.15, 0.2) is 8.32 Å². The molecule has 3 heteroatoms. The van der Waals surface area contributed by atoms with E-state index in [1.165, 1.54) is 5.57 Å². The van der Waals surface area contributed by atoms with Gasteiger partial charge in [-0.25, -0.2) is 0 Å². The number of allylic oxidation sites excluding steroid dienone is 1. The van der Waals surface area contributed by atoms with E-state index in [0.29, 0.717) is 6.10 Å². The van der Waals surface area contributed by atoms with E-state index in [1.807, 2.05) is 0 Å². The maximum atomic E-state index is 5.79. The molecule has 0 aromatic heterocycles. The monoisotopic (exact) mass is 242 g/mol. The molecular formula is C13H26O2Si. The Kier molecular flexibility index (Phi) is 4.38. The van der Waals surface area contributed by atoms with E-state index in [1.54, 1.807) is 0 Å². The van der Waals surface area contributed by atoms with Crippen molar-refractivity contribution in [1.82, 2.24) is 0 Å². The fourth-order valence-corrected chi connectivity index (χ4v) is 2.22. The van der Waals surface area contributed by atoms with Crippen LogP contribution in [0, 0.1) is 0 Å². The predicted octanol–water partition coefficient (Wildman–Crippen LogP) is 3.74. The van der Waals surface area contributed by atoms with Gasteiger partial charge in [0.1, 0.15) is 0 Å². The zero-order valence-corrected chi connectivity index (χ0v) is 12.6. The van der Waals surface area contributed by atoms with Crippen molar-refractivity contribution in [2.75, 3.05) is 6.61 Å². The van der Waals surface area contributed by atoms with Gasteiger partial charge in [0.05, 0.1) is 18.3 Å². The van der Waals surface area contributed by atoms with Crippen LogP contribution >= 0.6 is 0 Å². The van der Waals surface area contributed by atoms with E-state index in [2.05, 4.69) is 46.5 Å². The fourth-order valence-electron chi connectivity index (χ4n) is 1.63. The maximum Gasteiger partial charge on any atom is 0.184 e. The molecule has 16 heavy (non-hydrogen) atoms. The van der Waals surface area contributed by atoms with E-state index in [4.69, 9.17) is 9.16 Å². The summed E-state index contributed by atoms with van der Waals surface area (Å²) in [5.41, 5.74) is 1.55. The second kappa shape index (κ2) is 5.03. The highest BCUT2D eigenvalue weighted by Gasteiger charge is 2.46. The minimum atomic E-state index is -1.35. The Morgan fingerprint density at radius 1 is 1.38 bits per heavy atom. The summed E-state index contributed by atoms with van der Waals surface area (Å²) in [6.07, 6.45) is 4.95. The largest absolute Gasteiger partial charge is 0.414 e. The lowest BCUT2D eigenvalue weighted by molar-refractivity contribution is 0.319. The Morgan fingerprint density at radius 2 is 1.94 bits per heavy atom. The molecule has 0 radical (unpaired) electrons. The smallest absolute Gasteiger partial charge is 0.184 e. The molecule has 1 aliphatic rings. The Hall–Kier alpha value is -0.123. The molecule has 0 saturated carbocycles. The van der Waals surface area contributed by atoms with Gasteiger partial charge >= 0.3 is 0 Å². The van der Waals surface area contributed by atoms with E-state index >= 15 is 0 Å². The van der Waals surface area contributed by atoms with Crippen molar-refractivity contribution in [1.29, 1.82) is 0 Å². The third-order valence-corrected chi connectivity index (χ3v) is 3.95. The number of epoxide rings is 1. The predicted molar refractivity (Wildman–Crippen MR) is 71.2 cm³/mol. The molecule has 1 rings (SSSR count). The first-order chi connectivity index (χ1) is 7.21. The fraction of sp³-hybridized carbons (Fsp3) is 0.846. The SMILES string of the molecule is C/C(=C\CO[Si](C)(C)C)CC[C@H]1OC1(C)C. The average Bonchev–Trinajstić information content (AvgIpc) is 2.68. The molecule has 1 aliphatic heterocycles. The Balaban J connectivity index is 2.15. The van der Waals surface area contributed by atoms with Gasteiger partial charge in [-0.05, 0) is 53.3 Å². The molecule has 0 aromatic carbocycles. The molecule has 1 heterocycles. The molecule has 0 aromatic rings. The summed E-state index contributed by atoms with van der Waals surface area (Å²) in [5.74, 6) is 0. The topological polar surface area (TPSA) is 21.8 Å². The summed E-state index contributed by atoms with van der Waals surface area (Å²) < 4.78 is 11.4. The van der Waals surface area contributed by atoms with E-state index < -0.39 is 8.32 Å². The summed E-state index contributed by atoms with van der Waals surface area (Å²) in [6.45, 7) is 13.9. The average molecular weight is 242 g/mol. The van der Waals surface area contributed by atoms with Gasteiger partial charge in [-0.2, -0.15) is 0 Å². The zero-order valence-electron chi connectivity index (χ0n) is 11.6. The Labute approximate surface area is 101 Å². The van der Waals surface area contributed by atoms with Gasteiger partial charge < -0.3 is 9.16 Å². The normalized spacial score (nSPS) is 24.6. The molecule has 0 amide bonds. The molecule has 0 unspecified atom stereocenters. The first kappa shape index (κ1) is 13.9. The number of rotatable bonds is 6. The number of hydrogen-bond donors (Lipinski definition) is 0. The van der Waals surface area contributed by atoms with E-state index in [0.717, 1.165) is 19.4 Å². The molecule has 0 N–H and O–H groups in total. The highest BCUT2D eigenvalue weighted by molar-refractivity contribution is 6.69. The van der Waals surface area contributed by atoms with Crippen LogP contribution in [0.25, 0.3) is 0 Å². The summed E-state index contributed by atoms with van der Waals surface area (Å²) >= 11 is 0. The molecular weight excluding hydrogens is 216 g/mol. The third kappa shape index (κ3) is 5.28. The van der Waals surface area contributed by atoms with Crippen molar-refractivity contribution in [3.63, 3.8) is 0 Å². The number of hydrogen-bond acceptors (Lipinski definition) is 2. The first-order valence-electron chi connectivity index (χ1n) is 6.18. The van der Waals surface area contributed by atoms with Gasteiger partial charge in [0.25, 0.3) is 0 Å². The maximum absolute atomic E-state index is 5.79. The highest BCUT2D eigenvalue weighted by atomic mass is 28.4. The van der Waals surface area contributed by atoms with Crippen molar-refractivity contribution in [2.45, 2.75) is 65.0 Å². The van der Waals surface area contributed by atoms with Crippen LogP contribution in [-0.4, -0.2) is 26.6 Å². The van der Waals surface area contributed by atoms with Gasteiger partial charge in [-0.1, -0.05) is 11.6 Å². The lowest BCUT2D eigenvalue weighted by Gasteiger charge is -2.15. The molecule has 1 atom stereocenters. The summed E-state index contributed by atoms with van der Waals surface area (Å²) in [6, 6.07) is 0. The molecule has 1 fully saturated rings.